The van der Waals surface area contributed by atoms with Crippen LogP contribution in [0.4, 0.5) is 0 Å². The summed E-state index contributed by atoms with van der Waals surface area (Å²) in [7, 11) is 0. The molecule has 2 fully saturated rings. The molecule has 2 aliphatic rings. The van der Waals surface area contributed by atoms with Gasteiger partial charge >= 0.3 is 0 Å². The fourth-order valence-corrected chi connectivity index (χ4v) is 3.99. The summed E-state index contributed by atoms with van der Waals surface area (Å²) in [5.74, 6) is 1.49. The Morgan fingerprint density at radius 1 is 1.14 bits per heavy atom. The van der Waals surface area contributed by atoms with Crippen LogP contribution in [-0.2, 0) is 0 Å². The first-order valence-corrected chi connectivity index (χ1v) is 8.75. The van der Waals surface area contributed by atoms with Crippen LogP contribution < -0.4 is 5.32 Å². The van der Waals surface area contributed by atoms with Crippen LogP contribution in [0.1, 0.15) is 51.4 Å². The van der Waals surface area contributed by atoms with Gasteiger partial charge in [0.15, 0.2) is 0 Å². The van der Waals surface area contributed by atoms with E-state index in [1.807, 2.05) is 0 Å². The first-order valence-electron chi connectivity index (χ1n) is 8.75. The zero-order chi connectivity index (χ0) is 14.9. The molecule has 120 valence electrons. The number of hydrogen-bond acceptors (Lipinski definition) is 4. The Morgan fingerprint density at radius 2 is 1.95 bits per heavy atom. The summed E-state index contributed by atoms with van der Waals surface area (Å²) in [6.07, 6.45) is 10.2. The summed E-state index contributed by atoms with van der Waals surface area (Å²) in [6.45, 7) is 4.01. The third-order valence-corrected chi connectivity index (χ3v) is 5.10. The maximum Gasteiger partial charge on any atom is 0.0866 e. The highest BCUT2D eigenvalue weighted by atomic mass is 16.2. The first-order chi connectivity index (χ1) is 10.3. The van der Waals surface area contributed by atoms with E-state index in [1.54, 1.807) is 0 Å². The Hall–Kier alpha value is -0.630. The van der Waals surface area contributed by atoms with E-state index in [0.29, 0.717) is 18.5 Å². The van der Waals surface area contributed by atoms with E-state index in [0.717, 1.165) is 38.4 Å². The van der Waals surface area contributed by atoms with Gasteiger partial charge in [-0.1, -0.05) is 19.3 Å². The van der Waals surface area contributed by atoms with Crippen molar-refractivity contribution in [2.45, 2.75) is 57.4 Å². The smallest absolute Gasteiger partial charge is 0.0866 e. The van der Waals surface area contributed by atoms with Crippen molar-refractivity contribution in [3.8, 4) is 6.07 Å². The van der Waals surface area contributed by atoms with Gasteiger partial charge in [-0.3, -0.25) is 4.90 Å². The van der Waals surface area contributed by atoms with Crippen molar-refractivity contribution in [2.24, 2.45) is 11.8 Å². The molecule has 1 saturated heterocycles. The van der Waals surface area contributed by atoms with Gasteiger partial charge in [0.2, 0.25) is 0 Å². The number of likely N-dealkylation sites (tertiary alicyclic amines) is 1. The molecule has 1 saturated carbocycles. The number of rotatable bonds is 7. The molecular weight excluding hydrogens is 262 g/mol. The summed E-state index contributed by atoms with van der Waals surface area (Å²) in [4.78, 5) is 2.28. The van der Waals surface area contributed by atoms with Crippen LogP contribution in [0.2, 0.25) is 0 Å². The molecule has 0 spiro atoms. The Kier molecular flexibility index (Phi) is 7.49. The molecule has 2 atom stereocenters. The second-order valence-corrected chi connectivity index (χ2v) is 6.93. The number of nitriles is 1. The summed E-state index contributed by atoms with van der Waals surface area (Å²) in [5.41, 5.74) is 0. The average Bonchev–Trinajstić information content (AvgIpc) is 2.52. The fraction of sp³-hybridized carbons (Fsp3) is 0.941. The molecule has 2 rings (SSSR count). The number of aliphatic hydroxyl groups excluding tert-OH is 1. The molecule has 0 aromatic heterocycles. The molecule has 0 aromatic rings. The maximum absolute atomic E-state index is 9.02. The maximum atomic E-state index is 9.02. The molecule has 2 unspecified atom stereocenters. The highest BCUT2D eigenvalue weighted by molar-refractivity contribution is 4.88. The molecule has 1 aliphatic heterocycles. The Balaban J connectivity index is 1.77. The monoisotopic (exact) mass is 293 g/mol. The molecule has 0 amide bonds. The van der Waals surface area contributed by atoms with Gasteiger partial charge in [-0.25, -0.2) is 0 Å². The molecule has 21 heavy (non-hydrogen) atoms. The predicted octanol–water partition coefficient (Wildman–Crippen LogP) is 2.14. The van der Waals surface area contributed by atoms with E-state index in [2.05, 4.69) is 16.3 Å². The van der Waals surface area contributed by atoms with Crippen molar-refractivity contribution < 1.29 is 5.11 Å². The first kappa shape index (κ1) is 16.7. The Morgan fingerprint density at radius 3 is 2.67 bits per heavy atom. The van der Waals surface area contributed by atoms with Crippen LogP contribution in [0, 0.1) is 23.2 Å². The molecule has 2 N–H and O–H groups in total. The zero-order valence-corrected chi connectivity index (χ0v) is 13.3. The van der Waals surface area contributed by atoms with Crippen molar-refractivity contribution in [3.63, 3.8) is 0 Å². The number of nitrogens with one attached hydrogen (secondary N) is 1. The quantitative estimate of drug-likeness (QED) is 0.706. The van der Waals surface area contributed by atoms with Crippen molar-refractivity contribution in [1.82, 2.24) is 10.2 Å². The van der Waals surface area contributed by atoms with E-state index in [4.69, 9.17) is 10.4 Å². The van der Waals surface area contributed by atoms with Crippen LogP contribution in [0.5, 0.6) is 0 Å². The molecule has 4 heteroatoms. The van der Waals surface area contributed by atoms with Crippen LogP contribution in [0.15, 0.2) is 0 Å². The minimum atomic E-state index is 0.287. The second kappa shape index (κ2) is 9.40. The molecule has 0 radical (unpaired) electrons. The van der Waals surface area contributed by atoms with Gasteiger partial charge in [0.25, 0.3) is 0 Å². The topological polar surface area (TPSA) is 59.3 Å². The van der Waals surface area contributed by atoms with Gasteiger partial charge in [0.05, 0.1) is 12.6 Å². The SMILES string of the molecule is N#CCN1CC(CCCO)CC(NCC2CCCCC2)C1. The third-order valence-electron chi connectivity index (χ3n) is 5.10. The van der Waals surface area contributed by atoms with Gasteiger partial charge in [-0.2, -0.15) is 5.26 Å². The van der Waals surface area contributed by atoms with Crippen LogP contribution in [-0.4, -0.2) is 48.8 Å². The minimum Gasteiger partial charge on any atom is -0.396 e. The van der Waals surface area contributed by atoms with Crippen molar-refractivity contribution in [3.05, 3.63) is 0 Å². The van der Waals surface area contributed by atoms with Crippen LogP contribution >= 0.6 is 0 Å². The van der Waals surface area contributed by atoms with Gasteiger partial charge in [-0.15, -0.1) is 0 Å². The molecule has 0 aromatic carbocycles. The largest absolute Gasteiger partial charge is 0.396 e. The van der Waals surface area contributed by atoms with Gasteiger partial charge in [0, 0.05) is 25.7 Å². The fourth-order valence-electron chi connectivity index (χ4n) is 3.99. The van der Waals surface area contributed by atoms with E-state index < -0.39 is 0 Å². The number of hydrogen-bond donors (Lipinski definition) is 2. The predicted molar refractivity (Wildman–Crippen MR) is 84.8 cm³/mol. The van der Waals surface area contributed by atoms with E-state index in [1.165, 1.54) is 38.5 Å². The highest BCUT2D eigenvalue weighted by Gasteiger charge is 2.27. The summed E-state index contributed by atoms with van der Waals surface area (Å²) in [5, 5.41) is 21.7. The van der Waals surface area contributed by atoms with Gasteiger partial charge < -0.3 is 10.4 Å². The lowest BCUT2D eigenvalue weighted by Gasteiger charge is -2.38. The normalized spacial score (nSPS) is 28.4. The molecule has 1 aliphatic carbocycles. The van der Waals surface area contributed by atoms with Gasteiger partial charge in [0.1, 0.15) is 0 Å². The van der Waals surface area contributed by atoms with E-state index in [-0.39, 0.29) is 6.61 Å². The van der Waals surface area contributed by atoms with E-state index in [9.17, 15) is 0 Å². The number of aliphatic hydroxyl groups is 1. The van der Waals surface area contributed by atoms with Gasteiger partial charge in [-0.05, 0) is 50.5 Å². The second-order valence-electron chi connectivity index (χ2n) is 6.93. The Bertz CT molecular complexity index is 322. The molecular formula is C17H31N3O. The third kappa shape index (κ3) is 5.94. The molecule has 0 bridgehead atoms. The lowest BCUT2D eigenvalue weighted by atomic mass is 9.87. The summed E-state index contributed by atoms with van der Waals surface area (Å²) in [6, 6.07) is 2.81. The highest BCUT2D eigenvalue weighted by Crippen LogP contribution is 2.25. The summed E-state index contributed by atoms with van der Waals surface area (Å²) >= 11 is 0. The van der Waals surface area contributed by atoms with Crippen molar-refractivity contribution in [1.29, 1.82) is 5.26 Å². The van der Waals surface area contributed by atoms with Crippen LogP contribution in [0.25, 0.3) is 0 Å². The Labute approximate surface area is 129 Å². The van der Waals surface area contributed by atoms with Crippen molar-refractivity contribution in [2.75, 3.05) is 32.8 Å². The standard InChI is InChI=1S/C17H31N3O/c18-8-9-20-13-16(7-4-10-21)11-17(14-20)19-12-15-5-2-1-3-6-15/h15-17,19,21H,1-7,9-14H2. The lowest BCUT2D eigenvalue weighted by molar-refractivity contribution is 0.138. The lowest BCUT2D eigenvalue weighted by Crippen LogP contribution is -2.50. The molecule has 4 nitrogen and oxygen atoms in total. The van der Waals surface area contributed by atoms with Crippen LogP contribution in [0.3, 0.4) is 0 Å². The summed E-state index contributed by atoms with van der Waals surface area (Å²) < 4.78 is 0. The zero-order valence-electron chi connectivity index (χ0n) is 13.3. The molecule has 1 heterocycles. The minimum absolute atomic E-state index is 0.287. The average molecular weight is 293 g/mol. The van der Waals surface area contributed by atoms with E-state index >= 15 is 0 Å². The van der Waals surface area contributed by atoms with Crippen molar-refractivity contribution >= 4 is 0 Å². The number of piperidine rings is 1. The number of nitrogens with zero attached hydrogens (tertiary/aromatic N) is 2.